The molecule has 0 spiro atoms. The summed E-state index contributed by atoms with van der Waals surface area (Å²) in [6.45, 7) is 1.74. The number of sulfonamides is 1. The van der Waals surface area contributed by atoms with Gasteiger partial charge in [0.05, 0.1) is 16.0 Å². The Morgan fingerprint density at radius 2 is 1.80 bits per heavy atom. The van der Waals surface area contributed by atoms with E-state index in [4.69, 9.17) is 5.14 Å². The first kappa shape index (κ1) is 17.0. The van der Waals surface area contributed by atoms with Gasteiger partial charge >= 0.3 is 0 Å². The average molecular weight is 359 g/mol. The van der Waals surface area contributed by atoms with E-state index in [-0.39, 0.29) is 10.5 Å². The minimum absolute atomic E-state index is 0.0576. The number of aryl methyl sites for hydroxylation is 1. The number of fused-ring (bicyclic) bond motifs is 1. The number of anilines is 1. The number of rotatable bonds is 3. The molecule has 1 heterocycles. The van der Waals surface area contributed by atoms with Crippen molar-refractivity contribution < 1.29 is 17.6 Å². The highest BCUT2D eigenvalue weighted by atomic mass is 32.2. The number of hydrogen-bond donors (Lipinski definition) is 2. The molecular formula is C17H14FN3O3S. The maximum Gasteiger partial charge on any atom is 0.256 e. The van der Waals surface area contributed by atoms with E-state index in [1.165, 1.54) is 42.5 Å². The number of nitrogens with one attached hydrogen (secondary N) is 1. The normalized spacial score (nSPS) is 11.5. The van der Waals surface area contributed by atoms with E-state index in [1.54, 1.807) is 13.0 Å². The lowest BCUT2D eigenvalue weighted by Gasteiger charge is -2.10. The lowest BCUT2D eigenvalue weighted by molar-refractivity contribution is 0.102. The van der Waals surface area contributed by atoms with Gasteiger partial charge in [0.25, 0.3) is 5.91 Å². The molecule has 0 fully saturated rings. The molecular weight excluding hydrogens is 345 g/mol. The first-order chi connectivity index (χ1) is 11.7. The highest BCUT2D eigenvalue weighted by Gasteiger charge is 2.14. The van der Waals surface area contributed by atoms with Crippen molar-refractivity contribution in [2.45, 2.75) is 11.8 Å². The third-order valence-corrected chi connectivity index (χ3v) is 4.51. The number of carbonyl (C=O) groups excluding carboxylic acids is 1. The van der Waals surface area contributed by atoms with Gasteiger partial charge in [-0.3, -0.25) is 9.78 Å². The number of carbonyl (C=O) groups is 1. The van der Waals surface area contributed by atoms with E-state index in [1.807, 2.05) is 0 Å². The van der Waals surface area contributed by atoms with E-state index in [0.29, 0.717) is 22.3 Å². The summed E-state index contributed by atoms with van der Waals surface area (Å²) in [6.07, 6.45) is 0. The molecule has 0 aliphatic rings. The van der Waals surface area contributed by atoms with E-state index in [9.17, 15) is 17.6 Å². The Kier molecular flexibility index (Phi) is 4.23. The van der Waals surface area contributed by atoms with Gasteiger partial charge in [0.1, 0.15) is 5.82 Å². The molecule has 128 valence electrons. The van der Waals surface area contributed by atoms with Crippen molar-refractivity contribution in [2.75, 3.05) is 5.32 Å². The van der Waals surface area contributed by atoms with Gasteiger partial charge in [-0.25, -0.2) is 17.9 Å². The number of benzene rings is 2. The van der Waals surface area contributed by atoms with Gasteiger partial charge in [-0.2, -0.15) is 0 Å². The Hall–Kier alpha value is -2.84. The predicted octanol–water partition coefficient (Wildman–Crippen LogP) is 2.58. The lowest BCUT2D eigenvalue weighted by atomic mass is 10.1. The number of nitrogens with zero attached hydrogens (tertiary/aromatic N) is 1. The number of halogens is 1. The summed E-state index contributed by atoms with van der Waals surface area (Å²) < 4.78 is 36.0. The van der Waals surface area contributed by atoms with Crippen LogP contribution in [0.5, 0.6) is 0 Å². The fourth-order valence-corrected chi connectivity index (χ4v) is 2.96. The van der Waals surface area contributed by atoms with Crippen molar-refractivity contribution in [3.63, 3.8) is 0 Å². The molecule has 8 heteroatoms. The summed E-state index contributed by atoms with van der Waals surface area (Å²) >= 11 is 0. The first-order valence-electron chi connectivity index (χ1n) is 7.25. The van der Waals surface area contributed by atoms with Crippen LogP contribution in [0.4, 0.5) is 10.1 Å². The molecule has 3 N–H and O–H groups in total. The van der Waals surface area contributed by atoms with Crippen LogP contribution >= 0.6 is 0 Å². The van der Waals surface area contributed by atoms with Crippen LogP contribution in [0, 0.1) is 12.7 Å². The summed E-state index contributed by atoms with van der Waals surface area (Å²) in [6, 6.07) is 11.0. The van der Waals surface area contributed by atoms with E-state index in [0.717, 1.165) is 0 Å². The largest absolute Gasteiger partial charge is 0.322 e. The van der Waals surface area contributed by atoms with Crippen LogP contribution in [0.15, 0.2) is 53.4 Å². The van der Waals surface area contributed by atoms with Crippen molar-refractivity contribution >= 4 is 32.5 Å². The average Bonchev–Trinajstić information content (AvgIpc) is 2.54. The molecule has 0 saturated carbocycles. The van der Waals surface area contributed by atoms with Crippen LogP contribution in [-0.4, -0.2) is 19.3 Å². The van der Waals surface area contributed by atoms with Gasteiger partial charge in [0.15, 0.2) is 0 Å². The Balaban J connectivity index is 1.96. The zero-order valence-corrected chi connectivity index (χ0v) is 14.0. The van der Waals surface area contributed by atoms with Crippen molar-refractivity contribution in [2.24, 2.45) is 5.14 Å². The number of nitrogens with two attached hydrogens (primary N) is 1. The Morgan fingerprint density at radius 1 is 1.12 bits per heavy atom. The van der Waals surface area contributed by atoms with Gasteiger partial charge in [-0.05, 0) is 55.5 Å². The molecule has 0 aliphatic carbocycles. The summed E-state index contributed by atoms with van der Waals surface area (Å²) in [7, 11) is -3.80. The number of hydrogen-bond acceptors (Lipinski definition) is 4. The van der Waals surface area contributed by atoms with Crippen LogP contribution in [-0.2, 0) is 10.0 Å². The molecule has 25 heavy (non-hydrogen) atoms. The molecule has 0 atom stereocenters. The number of pyridine rings is 1. The van der Waals surface area contributed by atoms with E-state index < -0.39 is 21.7 Å². The topological polar surface area (TPSA) is 102 Å². The molecule has 0 aliphatic heterocycles. The summed E-state index contributed by atoms with van der Waals surface area (Å²) in [5.74, 6) is -0.922. The van der Waals surface area contributed by atoms with Gasteiger partial charge in [0.2, 0.25) is 10.0 Å². The van der Waals surface area contributed by atoms with Gasteiger partial charge in [0, 0.05) is 16.8 Å². The quantitative estimate of drug-likeness (QED) is 0.750. The molecule has 6 nitrogen and oxygen atoms in total. The molecule has 0 bridgehead atoms. The Labute approximate surface area is 143 Å². The predicted molar refractivity (Wildman–Crippen MR) is 92.2 cm³/mol. The van der Waals surface area contributed by atoms with Crippen LogP contribution in [0.3, 0.4) is 0 Å². The van der Waals surface area contributed by atoms with Crippen molar-refractivity contribution in [3.05, 3.63) is 65.6 Å². The maximum atomic E-state index is 13.5. The number of aromatic nitrogens is 1. The van der Waals surface area contributed by atoms with Crippen molar-refractivity contribution in [3.8, 4) is 0 Å². The summed E-state index contributed by atoms with van der Waals surface area (Å²) in [4.78, 5) is 16.8. The monoisotopic (exact) mass is 359 g/mol. The molecule has 3 rings (SSSR count). The Morgan fingerprint density at radius 3 is 2.44 bits per heavy atom. The van der Waals surface area contributed by atoms with Gasteiger partial charge in [-0.1, -0.05) is 0 Å². The first-order valence-corrected chi connectivity index (χ1v) is 8.80. The highest BCUT2D eigenvalue weighted by Crippen LogP contribution is 2.21. The minimum Gasteiger partial charge on any atom is -0.322 e. The molecule has 0 radical (unpaired) electrons. The lowest BCUT2D eigenvalue weighted by Crippen LogP contribution is -2.14. The highest BCUT2D eigenvalue weighted by molar-refractivity contribution is 7.89. The fourth-order valence-electron chi connectivity index (χ4n) is 2.44. The van der Waals surface area contributed by atoms with Crippen LogP contribution in [0.1, 0.15) is 16.1 Å². The summed E-state index contributed by atoms with van der Waals surface area (Å²) in [5.41, 5.74) is 1.79. The second kappa shape index (κ2) is 6.23. The zero-order valence-electron chi connectivity index (χ0n) is 13.2. The third-order valence-electron chi connectivity index (χ3n) is 3.58. The smallest absolute Gasteiger partial charge is 0.256 e. The second-order valence-corrected chi connectivity index (χ2v) is 7.06. The maximum absolute atomic E-state index is 13.5. The van der Waals surface area contributed by atoms with Crippen LogP contribution in [0.25, 0.3) is 10.9 Å². The van der Waals surface area contributed by atoms with Gasteiger partial charge in [-0.15, -0.1) is 0 Å². The van der Waals surface area contributed by atoms with Crippen LogP contribution in [0.2, 0.25) is 0 Å². The van der Waals surface area contributed by atoms with Crippen molar-refractivity contribution in [1.29, 1.82) is 0 Å². The number of amides is 1. The van der Waals surface area contributed by atoms with Crippen molar-refractivity contribution in [1.82, 2.24) is 4.98 Å². The SMILES string of the molecule is Cc1cc(C(=O)Nc2ccc(S(N)(=O)=O)cc2)c2cc(F)ccc2n1. The second-order valence-electron chi connectivity index (χ2n) is 5.50. The minimum atomic E-state index is -3.80. The molecule has 1 amide bonds. The molecule has 0 unspecified atom stereocenters. The van der Waals surface area contributed by atoms with Gasteiger partial charge < -0.3 is 5.32 Å². The standard InChI is InChI=1S/C17H14FN3O3S/c1-10-8-15(14-9-11(18)2-7-16(14)20-10)17(22)21-12-3-5-13(6-4-12)25(19,23)24/h2-9H,1H3,(H,21,22)(H2,19,23,24). The van der Waals surface area contributed by atoms with E-state index >= 15 is 0 Å². The summed E-state index contributed by atoms with van der Waals surface area (Å²) in [5, 5.41) is 8.08. The van der Waals surface area contributed by atoms with Crippen LogP contribution < -0.4 is 10.5 Å². The third kappa shape index (κ3) is 3.65. The fraction of sp³-hybridized carbons (Fsp3) is 0.0588. The van der Waals surface area contributed by atoms with E-state index in [2.05, 4.69) is 10.3 Å². The molecule has 1 aromatic heterocycles. The molecule has 2 aromatic carbocycles. The zero-order chi connectivity index (χ0) is 18.2. The molecule has 3 aromatic rings. The Bertz CT molecular complexity index is 1080. The number of primary sulfonamides is 1. The molecule has 0 saturated heterocycles.